The summed E-state index contributed by atoms with van der Waals surface area (Å²) in [5, 5.41) is 3.30. The standard InChI is InChI=1S/C13H14BrFN4OS/c1-6-4-7(14)8(15)5-9(6)17-12(20)10-11(16)18-13(21-10)19(2)3/h4-5H,16H2,1-3H3,(H,17,20). The van der Waals surface area contributed by atoms with Crippen molar-refractivity contribution in [3.05, 3.63) is 32.9 Å². The van der Waals surface area contributed by atoms with Crippen LogP contribution in [0.2, 0.25) is 0 Å². The number of aryl methyl sites for hydroxylation is 1. The molecule has 1 aromatic heterocycles. The third-order valence-corrected chi connectivity index (χ3v) is 4.59. The predicted octanol–water partition coefficient (Wildman–Crippen LogP) is 3.25. The zero-order valence-electron chi connectivity index (χ0n) is 11.7. The molecular formula is C13H14BrFN4OS. The summed E-state index contributed by atoms with van der Waals surface area (Å²) in [5.41, 5.74) is 6.90. The van der Waals surface area contributed by atoms with Crippen molar-refractivity contribution >= 4 is 49.8 Å². The molecule has 2 rings (SSSR count). The van der Waals surface area contributed by atoms with Crippen molar-refractivity contribution in [2.45, 2.75) is 6.92 Å². The molecule has 0 bridgehead atoms. The Morgan fingerprint density at radius 1 is 1.48 bits per heavy atom. The Hall–Kier alpha value is -1.67. The van der Waals surface area contributed by atoms with Crippen LogP contribution in [0.25, 0.3) is 0 Å². The number of benzene rings is 1. The minimum Gasteiger partial charge on any atom is -0.382 e. The van der Waals surface area contributed by atoms with Gasteiger partial charge in [-0.05, 0) is 40.5 Å². The second-order valence-electron chi connectivity index (χ2n) is 4.64. The fourth-order valence-electron chi connectivity index (χ4n) is 1.63. The summed E-state index contributed by atoms with van der Waals surface area (Å²) in [5.74, 6) is -0.679. The van der Waals surface area contributed by atoms with E-state index in [1.807, 2.05) is 14.1 Å². The van der Waals surface area contributed by atoms with Crippen LogP contribution in [0.1, 0.15) is 15.2 Å². The number of carbonyl (C=O) groups excluding carboxylic acids is 1. The molecule has 0 spiro atoms. The molecule has 2 aromatic rings. The highest BCUT2D eigenvalue weighted by Gasteiger charge is 2.18. The first kappa shape index (κ1) is 15.7. The van der Waals surface area contributed by atoms with Gasteiger partial charge in [0.2, 0.25) is 0 Å². The van der Waals surface area contributed by atoms with Crippen molar-refractivity contribution in [1.82, 2.24) is 4.98 Å². The Kier molecular flexibility index (Phi) is 4.48. The molecule has 0 saturated carbocycles. The molecular weight excluding hydrogens is 359 g/mol. The predicted molar refractivity (Wildman–Crippen MR) is 87.6 cm³/mol. The van der Waals surface area contributed by atoms with Gasteiger partial charge in [-0.1, -0.05) is 11.3 Å². The zero-order valence-corrected chi connectivity index (χ0v) is 14.1. The highest BCUT2D eigenvalue weighted by molar-refractivity contribution is 9.10. The summed E-state index contributed by atoms with van der Waals surface area (Å²) in [6.07, 6.45) is 0. The fourth-order valence-corrected chi connectivity index (χ4v) is 2.90. The smallest absolute Gasteiger partial charge is 0.269 e. The van der Waals surface area contributed by atoms with E-state index in [4.69, 9.17) is 5.73 Å². The zero-order chi connectivity index (χ0) is 15.7. The van der Waals surface area contributed by atoms with E-state index in [9.17, 15) is 9.18 Å². The lowest BCUT2D eigenvalue weighted by Crippen LogP contribution is -2.13. The third kappa shape index (κ3) is 3.33. The first-order valence-electron chi connectivity index (χ1n) is 6.00. The number of halogens is 2. The van der Waals surface area contributed by atoms with Crippen LogP contribution in [0, 0.1) is 12.7 Å². The van der Waals surface area contributed by atoms with Crippen LogP contribution in [-0.2, 0) is 0 Å². The van der Waals surface area contributed by atoms with E-state index in [0.29, 0.717) is 20.2 Å². The maximum Gasteiger partial charge on any atom is 0.269 e. The highest BCUT2D eigenvalue weighted by Crippen LogP contribution is 2.29. The van der Waals surface area contributed by atoms with Crippen LogP contribution in [-0.4, -0.2) is 25.0 Å². The van der Waals surface area contributed by atoms with Gasteiger partial charge in [-0.25, -0.2) is 9.37 Å². The quantitative estimate of drug-likeness (QED) is 0.867. The summed E-state index contributed by atoms with van der Waals surface area (Å²) in [4.78, 5) is 18.4. The second kappa shape index (κ2) is 5.98. The van der Waals surface area contributed by atoms with E-state index in [-0.39, 0.29) is 5.82 Å². The SMILES string of the molecule is Cc1cc(Br)c(F)cc1NC(=O)c1sc(N(C)C)nc1N. The second-order valence-corrected chi connectivity index (χ2v) is 6.47. The van der Waals surface area contributed by atoms with Crippen LogP contribution in [0.3, 0.4) is 0 Å². The number of carbonyl (C=O) groups is 1. The number of anilines is 3. The molecule has 1 amide bonds. The Balaban J connectivity index is 2.28. The van der Waals surface area contributed by atoms with E-state index >= 15 is 0 Å². The molecule has 21 heavy (non-hydrogen) atoms. The number of nitrogen functional groups attached to an aromatic ring is 1. The molecule has 0 aliphatic heterocycles. The normalized spacial score (nSPS) is 10.5. The van der Waals surface area contributed by atoms with Gasteiger partial charge in [0.1, 0.15) is 16.5 Å². The molecule has 0 saturated heterocycles. The van der Waals surface area contributed by atoms with Gasteiger partial charge in [-0.15, -0.1) is 0 Å². The Morgan fingerprint density at radius 3 is 2.71 bits per heavy atom. The Labute approximate surface area is 134 Å². The first-order chi connectivity index (χ1) is 9.79. The average molecular weight is 373 g/mol. The number of amides is 1. The van der Waals surface area contributed by atoms with Crippen LogP contribution in [0.15, 0.2) is 16.6 Å². The lowest BCUT2D eigenvalue weighted by atomic mass is 10.2. The molecule has 0 aliphatic carbocycles. The van der Waals surface area contributed by atoms with Gasteiger partial charge in [0.05, 0.1) is 4.47 Å². The summed E-state index contributed by atoms with van der Waals surface area (Å²) >= 11 is 4.28. The molecule has 5 nitrogen and oxygen atoms in total. The lowest BCUT2D eigenvalue weighted by molar-refractivity contribution is 0.103. The summed E-state index contributed by atoms with van der Waals surface area (Å²) in [7, 11) is 3.63. The van der Waals surface area contributed by atoms with Crippen molar-refractivity contribution in [3.8, 4) is 0 Å². The van der Waals surface area contributed by atoms with E-state index in [1.54, 1.807) is 17.9 Å². The average Bonchev–Trinajstić information content (AvgIpc) is 2.78. The third-order valence-electron chi connectivity index (χ3n) is 2.75. The van der Waals surface area contributed by atoms with E-state index < -0.39 is 11.7 Å². The van der Waals surface area contributed by atoms with Crippen LogP contribution in [0.5, 0.6) is 0 Å². The Morgan fingerprint density at radius 2 is 2.14 bits per heavy atom. The van der Waals surface area contributed by atoms with Crippen molar-refractivity contribution < 1.29 is 9.18 Å². The number of rotatable bonds is 3. The number of nitrogens with two attached hydrogens (primary N) is 1. The maximum atomic E-state index is 13.6. The fraction of sp³-hybridized carbons (Fsp3) is 0.231. The molecule has 0 atom stereocenters. The molecule has 0 aliphatic rings. The minimum absolute atomic E-state index is 0.163. The van der Waals surface area contributed by atoms with Gasteiger partial charge in [0, 0.05) is 19.8 Å². The number of aromatic nitrogens is 1. The van der Waals surface area contributed by atoms with Crippen molar-refractivity contribution in [2.24, 2.45) is 0 Å². The monoisotopic (exact) mass is 372 g/mol. The summed E-state index contributed by atoms with van der Waals surface area (Å²) in [6.45, 7) is 1.78. The number of nitrogens with zero attached hydrogens (tertiary/aromatic N) is 2. The molecule has 1 heterocycles. The molecule has 0 fully saturated rings. The van der Waals surface area contributed by atoms with Crippen LogP contribution >= 0.6 is 27.3 Å². The van der Waals surface area contributed by atoms with Gasteiger partial charge in [0.25, 0.3) is 5.91 Å². The summed E-state index contributed by atoms with van der Waals surface area (Å²) in [6, 6.07) is 2.87. The van der Waals surface area contributed by atoms with Gasteiger partial charge >= 0.3 is 0 Å². The number of thiazole rings is 1. The van der Waals surface area contributed by atoms with Gasteiger partial charge in [-0.2, -0.15) is 0 Å². The summed E-state index contributed by atoms with van der Waals surface area (Å²) < 4.78 is 13.9. The van der Waals surface area contributed by atoms with E-state index in [1.165, 1.54) is 17.4 Å². The van der Waals surface area contributed by atoms with Crippen molar-refractivity contribution in [2.75, 3.05) is 30.0 Å². The molecule has 0 radical (unpaired) electrons. The highest BCUT2D eigenvalue weighted by atomic mass is 79.9. The molecule has 0 unspecified atom stereocenters. The largest absolute Gasteiger partial charge is 0.382 e. The van der Waals surface area contributed by atoms with Crippen LogP contribution in [0.4, 0.5) is 21.0 Å². The molecule has 3 N–H and O–H groups in total. The maximum absolute atomic E-state index is 13.6. The topological polar surface area (TPSA) is 71.2 Å². The van der Waals surface area contributed by atoms with Crippen LogP contribution < -0.4 is 16.0 Å². The van der Waals surface area contributed by atoms with Crippen molar-refractivity contribution in [3.63, 3.8) is 0 Å². The number of hydrogen-bond acceptors (Lipinski definition) is 5. The van der Waals surface area contributed by atoms with Crippen molar-refractivity contribution in [1.29, 1.82) is 0 Å². The van der Waals surface area contributed by atoms with E-state index in [0.717, 1.165) is 5.56 Å². The van der Waals surface area contributed by atoms with Gasteiger partial charge in [0.15, 0.2) is 5.13 Å². The number of hydrogen-bond donors (Lipinski definition) is 2. The lowest BCUT2D eigenvalue weighted by Gasteiger charge is -2.09. The van der Waals surface area contributed by atoms with Gasteiger partial charge < -0.3 is 16.0 Å². The molecule has 1 aromatic carbocycles. The first-order valence-corrected chi connectivity index (χ1v) is 7.61. The molecule has 112 valence electrons. The number of nitrogens with one attached hydrogen (secondary N) is 1. The van der Waals surface area contributed by atoms with E-state index in [2.05, 4.69) is 26.2 Å². The Bertz CT molecular complexity index is 702. The van der Waals surface area contributed by atoms with Gasteiger partial charge in [-0.3, -0.25) is 4.79 Å². The molecule has 8 heteroatoms. The minimum atomic E-state index is -0.442.